The molecule has 0 heterocycles. The minimum atomic E-state index is -3.14. The van der Waals surface area contributed by atoms with E-state index >= 15 is 0 Å². The van der Waals surface area contributed by atoms with Crippen LogP contribution in [0.3, 0.4) is 0 Å². The smallest absolute Gasteiger partial charge is 0.211 e. The number of ether oxygens (including phenoxy) is 1. The Bertz CT molecular complexity index is 365. The van der Waals surface area contributed by atoms with Crippen LogP contribution in [-0.4, -0.2) is 47.0 Å². The van der Waals surface area contributed by atoms with Gasteiger partial charge in [0, 0.05) is 26.3 Å². The number of methoxy groups -OCH3 is 1. The average Bonchev–Trinajstić information content (AvgIpc) is 3.18. The van der Waals surface area contributed by atoms with E-state index < -0.39 is 10.0 Å². The Labute approximate surface area is 123 Å². The number of rotatable bonds is 12. The van der Waals surface area contributed by atoms with Crippen LogP contribution in [0, 0.1) is 5.41 Å². The normalized spacial score (nSPS) is 16.6. The van der Waals surface area contributed by atoms with E-state index in [0.29, 0.717) is 25.6 Å². The number of sulfonamides is 1. The molecule has 0 spiro atoms. The zero-order valence-electron chi connectivity index (χ0n) is 13.1. The van der Waals surface area contributed by atoms with Crippen molar-refractivity contribution in [3.8, 4) is 0 Å². The fourth-order valence-corrected chi connectivity index (χ4v) is 3.19. The van der Waals surface area contributed by atoms with Crippen molar-refractivity contribution in [3.05, 3.63) is 0 Å². The highest BCUT2D eigenvalue weighted by atomic mass is 32.2. The molecule has 0 aliphatic heterocycles. The molecule has 0 atom stereocenters. The summed E-state index contributed by atoms with van der Waals surface area (Å²) in [5.41, 5.74) is -0.0728. The van der Waals surface area contributed by atoms with Crippen molar-refractivity contribution in [3.63, 3.8) is 0 Å². The third-order valence-electron chi connectivity index (χ3n) is 3.60. The molecule has 0 amide bonds. The molecule has 20 heavy (non-hydrogen) atoms. The van der Waals surface area contributed by atoms with Gasteiger partial charge in [0.2, 0.25) is 10.0 Å². The van der Waals surface area contributed by atoms with E-state index in [1.807, 2.05) is 13.8 Å². The predicted molar refractivity (Wildman–Crippen MR) is 82.3 cm³/mol. The highest BCUT2D eigenvalue weighted by Crippen LogP contribution is 2.19. The molecule has 5 nitrogen and oxygen atoms in total. The van der Waals surface area contributed by atoms with Gasteiger partial charge in [-0.3, -0.25) is 0 Å². The number of hydrogen-bond donors (Lipinski definition) is 2. The minimum Gasteiger partial charge on any atom is -0.385 e. The molecule has 0 aromatic rings. The molecule has 6 heteroatoms. The largest absolute Gasteiger partial charge is 0.385 e. The Morgan fingerprint density at radius 1 is 1.25 bits per heavy atom. The molecular formula is C14H30N2O3S. The fraction of sp³-hybridized carbons (Fsp3) is 1.00. The van der Waals surface area contributed by atoms with E-state index in [4.69, 9.17) is 4.74 Å². The predicted octanol–water partition coefficient (Wildman–Crippen LogP) is 1.50. The summed E-state index contributed by atoms with van der Waals surface area (Å²) in [7, 11) is -1.48. The second-order valence-electron chi connectivity index (χ2n) is 6.48. The van der Waals surface area contributed by atoms with Gasteiger partial charge in [-0.2, -0.15) is 0 Å². The van der Waals surface area contributed by atoms with Crippen molar-refractivity contribution in [2.75, 3.05) is 32.6 Å². The number of hydrogen-bond acceptors (Lipinski definition) is 4. The summed E-state index contributed by atoms with van der Waals surface area (Å²) in [6.45, 7) is 6.16. The molecule has 1 saturated carbocycles. The average molecular weight is 306 g/mol. The third kappa shape index (κ3) is 8.89. The van der Waals surface area contributed by atoms with Crippen LogP contribution in [-0.2, 0) is 14.8 Å². The van der Waals surface area contributed by atoms with Crippen molar-refractivity contribution in [2.24, 2.45) is 5.41 Å². The molecule has 120 valence electrons. The van der Waals surface area contributed by atoms with E-state index in [0.717, 1.165) is 19.4 Å². The Hall–Kier alpha value is -0.170. The first kappa shape index (κ1) is 17.9. The lowest BCUT2D eigenvalue weighted by atomic mass is 9.90. The Morgan fingerprint density at radius 2 is 1.95 bits per heavy atom. The van der Waals surface area contributed by atoms with Crippen molar-refractivity contribution >= 4 is 10.0 Å². The van der Waals surface area contributed by atoms with E-state index in [1.165, 1.54) is 12.8 Å². The summed E-state index contributed by atoms with van der Waals surface area (Å²) < 4.78 is 31.6. The van der Waals surface area contributed by atoms with Crippen LogP contribution in [0.25, 0.3) is 0 Å². The minimum absolute atomic E-state index is 0.0728. The maximum absolute atomic E-state index is 11.9. The maximum atomic E-state index is 11.9. The first-order chi connectivity index (χ1) is 9.35. The van der Waals surface area contributed by atoms with Crippen LogP contribution < -0.4 is 10.0 Å². The van der Waals surface area contributed by atoms with Gasteiger partial charge >= 0.3 is 0 Å². The summed E-state index contributed by atoms with van der Waals surface area (Å²) in [5.74, 6) is 0.222. The highest BCUT2D eigenvalue weighted by molar-refractivity contribution is 7.89. The zero-order chi connectivity index (χ0) is 15.1. The molecule has 1 aliphatic carbocycles. The standard InChI is InChI=1S/C14H30N2O3S/c1-14(2,8-10-19-3)12-16-20(17,18)11-5-4-9-15-13-6-7-13/h13,15-16H,4-12H2,1-3H3. The lowest BCUT2D eigenvalue weighted by Gasteiger charge is -2.24. The van der Waals surface area contributed by atoms with Gasteiger partial charge in [0.15, 0.2) is 0 Å². The molecule has 2 N–H and O–H groups in total. The van der Waals surface area contributed by atoms with Gasteiger partial charge in [0.05, 0.1) is 5.75 Å². The molecule has 1 aliphatic rings. The summed E-state index contributed by atoms with van der Waals surface area (Å²) in [6.07, 6.45) is 5.03. The van der Waals surface area contributed by atoms with Gasteiger partial charge < -0.3 is 10.1 Å². The molecule has 0 unspecified atom stereocenters. The molecular weight excluding hydrogens is 276 g/mol. The van der Waals surface area contributed by atoms with Gasteiger partial charge in [0.25, 0.3) is 0 Å². The van der Waals surface area contributed by atoms with Crippen LogP contribution in [0.2, 0.25) is 0 Å². The first-order valence-electron chi connectivity index (χ1n) is 7.54. The molecule has 0 radical (unpaired) electrons. The van der Waals surface area contributed by atoms with Crippen LogP contribution >= 0.6 is 0 Å². The van der Waals surface area contributed by atoms with Crippen molar-refractivity contribution in [2.45, 2.75) is 52.0 Å². The summed E-state index contributed by atoms with van der Waals surface area (Å²) in [4.78, 5) is 0. The molecule has 1 rings (SSSR count). The van der Waals surface area contributed by atoms with Gasteiger partial charge in [-0.05, 0) is 44.1 Å². The highest BCUT2D eigenvalue weighted by Gasteiger charge is 2.21. The van der Waals surface area contributed by atoms with Gasteiger partial charge in [-0.25, -0.2) is 13.1 Å². The van der Waals surface area contributed by atoms with Gasteiger partial charge in [-0.15, -0.1) is 0 Å². The van der Waals surface area contributed by atoms with E-state index in [-0.39, 0.29) is 11.2 Å². The lowest BCUT2D eigenvalue weighted by molar-refractivity contribution is 0.153. The van der Waals surface area contributed by atoms with Gasteiger partial charge in [0.1, 0.15) is 0 Å². The fourth-order valence-electron chi connectivity index (χ4n) is 1.85. The van der Waals surface area contributed by atoms with Crippen molar-refractivity contribution < 1.29 is 13.2 Å². The molecule has 1 fully saturated rings. The SMILES string of the molecule is COCCC(C)(C)CNS(=O)(=O)CCCCNC1CC1. The van der Waals surface area contributed by atoms with Crippen molar-refractivity contribution in [1.29, 1.82) is 0 Å². The molecule has 0 aromatic carbocycles. The van der Waals surface area contributed by atoms with E-state index in [1.54, 1.807) is 7.11 Å². The Balaban J connectivity index is 2.12. The Kier molecular flexibility index (Phi) is 7.43. The van der Waals surface area contributed by atoms with E-state index in [2.05, 4.69) is 10.0 Å². The maximum Gasteiger partial charge on any atom is 0.211 e. The summed E-state index contributed by atoms with van der Waals surface area (Å²) >= 11 is 0. The second-order valence-corrected chi connectivity index (χ2v) is 8.41. The summed E-state index contributed by atoms with van der Waals surface area (Å²) in [5, 5.41) is 3.39. The van der Waals surface area contributed by atoms with Crippen LogP contribution in [0.4, 0.5) is 0 Å². The van der Waals surface area contributed by atoms with Crippen LogP contribution in [0.1, 0.15) is 46.0 Å². The van der Waals surface area contributed by atoms with Crippen molar-refractivity contribution in [1.82, 2.24) is 10.0 Å². The zero-order valence-corrected chi connectivity index (χ0v) is 13.9. The number of unbranched alkanes of at least 4 members (excludes halogenated alkanes) is 1. The third-order valence-corrected chi connectivity index (χ3v) is 5.01. The monoisotopic (exact) mass is 306 g/mol. The lowest BCUT2D eigenvalue weighted by Crippen LogP contribution is -2.36. The van der Waals surface area contributed by atoms with Crippen LogP contribution in [0.15, 0.2) is 0 Å². The molecule has 0 aromatic heterocycles. The summed E-state index contributed by atoms with van der Waals surface area (Å²) in [6, 6.07) is 0.700. The first-order valence-corrected chi connectivity index (χ1v) is 9.19. The quantitative estimate of drug-likeness (QED) is 0.536. The Morgan fingerprint density at radius 3 is 2.55 bits per heavy atom. The van der Waals surface area contributed by atoms with E-state index in [9.17, 15) is 8.42 Å². The van der Waals surface area contributed by atoms with Gasteiger partial charge in [-0.1, -0.05) is 13.8 Å². The number of nitrogens with one attached hydrogen (secondary N) is 2. The topological polar surface area (TPSA) is 67.4 Å². The molecule has 0 saturated heterocycles. The molecule has 0 bridgehead atoms. The second kappa shape index (κ2) is 8.32. The van der Waals surface area contributed by atoms with Crippen LogP contribution in [0.5, 0.6) is 0 Å².